The van der Waals surface area contributed by atoms with Gasteiger partial charge in [-0.15, -0.1) is 16.4 Å². The molecule has 2 aromatic rings. The maximum Gasteiger partial charge on any atom is 0.181 e. The lowest BCUT2D eigenvalue weighted by Crippen LogP contribution is -2.17. The van der Waals surface area contributed by atoms with Crippen LogP contribution in [-0.4, -0.2) is 15.4 Å². The fourth-order valence-corrected chi connectivity index (χ4v) is 3.81. The number of carbonyl (C=O) groups excluding carboxylic acids is 1. The molecule has 2 aromatic heterocycles. The molecule has 0 aliphatic rings. The zero-order valence-corrected chi connectivity index (χ0v) is 13.6. The van der Waals surface area contributed by atoms with E-state index in [0.29, 0.717) is 11.3 Å². The van der Waals surface area contributed by atoms with Crippen LogP contribution in [0.5, 0.6) is 0 Å². The lowest BCUT2D eigenvalue weighted by atomic mass is 9.90. The predicted molar refractivity (Wildman–Crippen MR) is 78.7 cm³/mol. The van der Waals surface area contributed by atoms with E-state index in [1.165, 1.54) is 11.5 Å². The summed E-state index contributed by atoms with van der Waals surface area (Å²) in [6.07, 6.45) is 0.420. The predicted octanol–water partition coefficient (Wildman–Crippen LogP) is 4.09. The molecule has 0 aromatic carbocycles. The van der Waals surface area contributed by atoms with Crippen molar-refractivity contribution in [3.8, 4) is 0 Å². The highest BCUT2D eigenvalue weighted by Gasteiger charge is 2.26. The summed E-state index contributed by atoms with van der Waals surface area (Å²) in [5.41, 5.74) is 0.654. The molecule has 0 amide bonds. The minimum Gasteiger partial charge on any atom is -0.293 e. The van der Waals surface area contributed by atoms with Gasteiger partial charge in [-0.1, -0.05) is 25.3 Å². The molecule has 6 heteroatoms. The Morgan fingerprint density at radius 3 is 2.72 bits per heavy atom. The van der Waals surface area contributed by atoms with Crippen LogP contribution in [-0.2, 0) is 11.8 Å². The Morgan fingerprint density at radius 2 is 2.17 bits per heavy atom. The van der Waals surface area contributed by atoms with Crippen molar-refractivity contribution >= 4 is 44.6 Å². The first-order valence-electron chi connectivity index (χ1n) is 5.47. The Bertz CT molecular complexity index is 569. The van der Waals surface area contributed by atoms with Crippen molar-refractivity contribution in [2.24, 2.45) is 0 Å². The van der Waals surface area contributed by atoms with Crippen LogP contribution in [0.1, 0.15) is 41.0 Å². The van der Waals surface area contributed by atoms with Gasteiger partial charge >= 0.3 is 0 Å². The van der Waals surface area contributed by atoms with Gasteiger partial charge in [0.25, 0.3) is 0 Å². The van der Waals surface area contributed by atoms with Gasteiger partial charge in [0.1, 0.15) is 4.88 Å². The SMILES string of the molecule is CC(C)(C)c1nnsc1C(=O)Cc1cc(Br)cs1. The van der Waals surface area contributed by atoms with E-state index in [-0.39, 0.29) is 11.2 Å². The smallest absolute Gasteiger partial charge is 0.181 e. The van der Waals surface area contributed by atoms with Gasteiger partial charge < -0.3 is 0 Å². The molecule has 96 valence electrons. The normalized spacial score (nSPS) is 11.8. The molecule has 0 saturated carbocycles. The summed E-state index contributed by atoms with van der Waals surface area (Å²) in [7, 11) is 0. The molecule has 0 saturated heterocycles. The van der Waals surface area contributed by atoms with Crippen molar-refractivity contribution in [3.63, 3.8) is 0 Å². The van der Waals surface area contributed by atoms with E-state index in [9.17, 15) is 4.79 Å². The van der Waals surface area contributed by atoms with Crippen LogP contribution in [0.25, 0.3) is 0 Å². The molecule has 3 nitrogen and oxygen atoms in total. The Labute approximate surface area is 123 Å². The average Bonchev–Trinajstić information content (AvgIpc) is 2.85. The third kappa shape index (κ3) is 3.05. The number of aromatic nitrogens is 2. The Kier molecular flexibility index (Phi) is 3.99. The van der Waals surface area contributed by atoms with Gasteiger partial charge in [-0.3, -0.25) is 4.79 Å². The van der Waals surface area contributed by atoms with Crippen LogP contribution in [0.3, 0.4) is 0 Å². The second-order valence-corrected chi connectivity index (χ2v) is 7.70. The van der Waals surface area contributed by atoms with E-state index >= 15 is 0 Å². The van der Waals surface area contributed by atoms with E-state index in [1.807, 2.05) is 32.2 Å². The number of hydrogen-bond donors (Lipinski definition) is 0. The zero-order valence-electron chi connectivity index (χ0n) is 10.4. The van der Waals surface area contributed by atoms with Crippen molar-refractivity contribution in [2.75, 3.05) is 0 Å². The van der Waals surface area contributed by atoms with E-state index in [4.69, 9.17) is 0 Å². The number of nitrogens with zero attached hydrogens (tertiary/aromatic N) is 2. The first-order valence-corrected chi connectivity index (χ1v) is 7.91. The monoisotopic (exact) mass is 344 g/mol. The fraction of sp³-hybridized carbons (Fsp3) is 0.417. The molecule has 0 aliphatic carbocycles. The lowest BCUT2D eigenvalue weighted by Gasteiger charge is -2.15. The van der Waals surface area contributed by atoms with Crippen LogP contribution in [0, 0.1) is 0 Å². The number of Topliss-reactive ketones (excluding diaryl/α,β-unsaturated/α-hetero) is 1. The van der Waals surface area contributed by atoms with E-state index in [1.54, 1.807) is 11.3 Å². The molecule has 0 bridgehead atoms. The van der Waals surface area contributed by atoms with Crippen molar-refractivity contribution in [1.82, 2.24) is 9.59 Å². The van der Waals surface area contributed by atoms with Gasteiger partial charge in [0.15, 0.2) is 5.78 Å². The van der Waals surface area contributed by atoms with Gasteiger partial charge in [0, 0.05) is 26.6 Å². The molecule has 0 fully saturated rings. The van der Waals surface area contributed by atoms with E-state index in [0.717, 1.165) is 15.0 Å². The van der Waals surface area contributed by atoms with Crippen molar-refractivity contribution in [1.29, 1.82) is 0 Å². The van der Waals surface area contributed by atoms with E-state index < -0.39 is 0 Å². The summed E-state index contributed by atoms with van der Waals surface area (Å²) < 4.78 is 4.94. The second kappa shape index (κ2) is 5.19. The van der Waals surface area contributed by atoms with Crippen LogP contribution in [0.2, 0.25) is 0 Å². The lowest BCUT2D eigenvalue weighted by molar-refractivity contribution is 0.0995. The van der Waals surface area contributed by atoms with Gasteiger partial charge in [-0.25, -0.2) is 0 Å². The molecule has 2 heterocycles. The topological polar surface area (TPSA) is 42.9 Å². The Balaban J connectivity index is 2.22. The van der Waals surface area contributed by atoms with Gasteiger partial charge in [0.2, 0.25) is 0 Å². The van der Waals surface area contributed by atoms with Crippen LogP contribution in [0.15, 0.2) is 15.9 Å². The number of carbonyl (C=O) groups is 1. The minimum atomic E-state index is -0.145. The molecule has 0 radical (unpaired) electrons. The van der Waals surface area contributed by atoms with Gasteiger partial charge in [0.05, 0.1) is 5.69 Å². The zero-order chi connectivity index (χ0) is 13.3. The first-order chi connectivity index (χ1) is 8.38. The summed E-state index contributed by atoms with van der Waals surface area (Å²) >= 11 is 6.17. The number of ketones is 1. The van der Waals surface area contributed by atoms with Crippen molar-refractivity contribution in [3.05, 3.63) is 31.4 Å². The van der Waals surface area contributed by atoms with E-state index in [2.05, 4.69) is 25.5 Å². The quantitative estimate of drug-likeness (QED) is 0.787. The number of rotatable bonds is 3. The van der Waals surface area contributed by atoms with Crippen LogP contribution in [0.4, 0.5) is 0 Å². The van der Waals surface area contributed by atoms with Crippen molar-refractivity contribution in [2.45, 2.75) is 32.6 Å². The molecular formula is C12H13BrN2OS2. The number of halogens is 1. The summed E-state index contributed by atoms with van der Waals surface area (Å²) in [4.78, 5) is 14.0. The standard InChI is InChI=1S/C12H13BrN2OS2/c1-12(2,3)11-10(18-15-14-11)9(16)5-8-4-7(13)6-17-8/h4,6H,5H2,1-3H3. The summed E-state index contributed by atoms with van der Waals surface area (Å²) in [6, 6.07) is 1.98. The maximum absolute atomic E-state index is 12.3. The highest BCUT2D eigenvalue weighted by molar-refractivity contribution is 9.10. The average molecular weight is 345 g/mol. The molecule has 0 unspecified atom stereocenters. The maximum atomic E-state index is 12.3. The molecule has 0 aliphatic heterocycles. The largest absolute Gasteiger partial charge is 0.293 e. The molecule has 0 spiro atoms. The first kappa shape index (κ1) is 13.8. The summed E-state index contributed by atoms with van der Waals surface area (Å²) in [5, 5.41) is 6.08. The highest BCUT2D eigenvalue weighted by Crippen LogP contribution is 2.28. The third-order valence-corrected chi connectivity index (χ3v) is 4.87. The van der Waals surface area contributed by atoms with Crippen molar-refractivity contribution < 1.29 is 4.79 Å². The molecule has 0 N–H and O–H groups in total. The Morgan fingerprint density at radius 1 is 1.44 bits per heavy atom. The summed E-state index contributed by atoms with van der Waals surface area (Å²) in [6.45, 7) is 6.13. The number of thiophene rings is 1. The fourth-order valence-electron chi connectivity index (χ4n) is 1.55. The highest BCUT2D eigenvalue weighted by atomic mass is 79.9. The molecule has 18 heavy (non-hydrogen) atoms. The van der Waals surface area contributed by atoms with Crippen LogP contribution >= 0.6 is 38.8 Å². The third-order valence-electron chi connectivity index (χ3n) is 2.41. The minimum absolute atomic E-state index is 0.101. The second-order valence-electron chi connectivity index (χ2n) is 5.03. The molecule has 2 rings (SSSR count). The number of hydrogen-bond acceptors (Lipinski definition) is 5. The Hall–Kier alpha value is -0.590. The molecule has 0 atom stereocenters. The van der Waals surface area contributed by atoms with Gasteiger partial charge in [-0.2, -0.15) is 0 Å². The van der Waals surface area contributed by atoms with Crippen LogP contribution < -0.4 is 0 Å². The van der Waals surface area contributed by atoms with Gasteiger partial charge in [-0.05, 0) is 33.5 Å². The summed E-state index contributed by atoms with van der Waals surface area (Å²) in [5.74, 6) is 0.101. The molecular weight excluding hydrogens is 332 g/mol.